The molecule has 0 spiro atoms. The fourth-order valence-corrected chi connectivity index (χ4v) is 3.74. The van der Waals surface area contributed by atoms with Crippen molar-refractivity contribution in [2.75, 3.05) is 11.8 Å². The van der Waals surface area contributed by atoms with Gasteiger partial charge in [-0.25, -0.2) is 8.42 Å². The van der Waals surface area contributed by atoms with Gasteiger partial charge in [0.15, 0.2) is 0 Å². The van der Waals surface area contributed by atoms with Gasteiger partial charge in [0.05, 0.1) is 18.4 Å². The van der Waals surface area contributed by atoms with Crippen molar-refractivity contribution < 1.29 is 13.2 Å². The number of sulfonamides is 1. The minimum Gasteiger partial charge on any atom is -0.495 e. The maximum Gasteiger partial charge on any atom is 0.265 e. The van der Waals surface area contributed by atoms with E-state index in [0.717, 1.165) is 0 Å². The number of hydrogen-bond donors (Lipinski definition) is 1. The lowest BCUT2D eigenvalue weighted by molar-refractivity contribution is 0.403. The summed E-state index contributed by atoms with van der Waals surface area (Å²) in [6.45, 7) is 0. The van der Waals surface area contributed by atoms with Crippen molar-refractivity contribution in [1.29, 1.82) is 5.26 Å². The van der Waals surface area contributed by atoms with Gasteiger partial charge in [0.25, 0.3) is 10.0 Å². The van der Waals surface area contributed by atoms with Crippen LogP contribution in [-0.4, -0.2) is 15.5 Å². The topological polar surface area (TPSA) is 79.2 Å². The molecule has 114 valence electrons. The van der Waals surface area contributed by atoms with E-state index in [9.17, 15) is 8.42 Å². The van der Waals surface area contributed by atoms with Gasteiger partial charge in [0, 0.05) is 9.50 Å². The first-order valence-corrected chi connectivity index (χ1v) is 8.59. The molecule has 1 N–H and O–H groups in total. The van der Waals surface area contributed by atoms with Crippen LogP contribution in [0.5, 0.6) is 5.75 Å². The van der Waals surface area contributed by atoms with Crippen LogP contribution in [-0.2, 0) is 10.0 Å². The van der Waals surface area contributed by atoms with E-state index in [1.807, 2.05) is 6.07 Å². The van der Waals surface area contributed by atoms with Gasteiger partial charge in [-0.05, 0) is 46.3 Å². The predicted molar refractivity (Wildman–Crippen MR) is 87.7 cm³/mol. The van der Waals surface area contributed by atoms with Crippen LogP contribution in [0.15, 0.2) is 45.8 Å². The first-order valence-electron chi connectivity index (χ1n) is 5.94. The fourth-order valence-electron chi connectivity index (χ4n) is 1.78. The smallest absolute Gasteiger partial charge is 0.265 e. The highest BCUT2D eigenvalue weighted by Crippen LogP contribution is 2.31. The lowest BCUT2D eigenvalue weighted by Gasteiger charge is -2.13. The Balaban J connectivity index is 2.52. The van der Waals surface area contributed by atoms with Crippen molar-refractivity contribution in [3.05, 3.63) is 51.5 Å². The third-order valence-electron chi connectivity index (χ3n) is 2.78. The third-order valence-corrected chi connectivity index (χ3v) is 5.07. The largest absolute Gasteiger partial charge is 0.495 e. The van der Waals surface area contributed by atoms with Crippen LogP contribution in [0.25, 0.3) is 0 Å². The highest BCUT2D eigenvalue weighted by molar-refractivity contribution is 9.10. The number of ether oxygens (including phenoxy) is 1. The summed E-state index contributed by atoms with van der Waals surface area (Å²) in [7, 11) is -2.60. The quantitative estimate of drug-likeness (QED) is 0.845. The highest BCUT2D eigenvalue weighted by atomic mass is 79.9. The first kappa shape index (κ1) is 16.6. The second-order valence-electron chi connectivity index (χ2n) is 4.17. The zero-order valence-corrected chi connectivity index (χ0v) is 14.5. The SMILES string of the molecule is COc1ccc(Cl)cc1S(=O)(=O)Nc1cccc(Br)c1C#N. The minimum atomic E-state index is -3.96. The van der Waals surface area contributed by atoms with E-state index in [4.69, 9.17) is 21.6 Å². The van der Waals surface area contributed by atoms with Crippen molar-refractivity contribution in [3.63, 3.8) is 0 Å². The molecule has 2 rings (SSSR count). The zero-order chi connectivity index (χ0) is 16.3. The average Bonchev–Trinajstić information content (AvgIpc) is 2.47. The molecule has 2 aromatic rings. The summed E-state index contributed by atoms with van der Waals surface area (Å²) < 4.78 is 33.0. The second-order valence-corrected chi connectivity index (χ2v) is 7.12. The predicted octanol–water partition coefficient (Wildman–Crippen LogP) is 3.78. The molecule has 2 aromatic carbocycles. The molecule has 0 atom stereocenters. The Hall–Kier alpha value is -1.75. The third kappa shape index (κ3) is 3.35. The number of rotatable bonds is 4. The number of nitriles is 1. The van der Waals surface area contributed by atoms with Crippen LogP contribution >= 0.6 is 27.5 Å². The molecule has 0 radical (unpaired) electrons. The molecule has 0 unspecified atom stereocenters. The summed E-state index contributed by atoms with van der Waals surface area (Å²) in [6.07, 6.45) is 0. The molecule has 0 fully saturated rings. The molecule has 0 saturated carbocycles. The van der Waals surface area contributed by atoms with E-state index in [0.29, 0.717) is 4.47 Å². The normalized spacial score (nSPS) is 10.8. The van der Waals surface area contributed by atoms with Crippen LogP contribution in [0.3, 0.4) is 0 Å². The van der Waals surface area contributed by atoms with Crippen LogP contribution in [0.2, 0.25) is 5.02 Å². The molecule has 0 saturated heterocycles. The zero-order valence-electron chi connectivity index (χ0n) is 11.3. The molecule has 0 aliphatic rings. The van der Waals surface area contributed by atoms with Crippen LogP contribution < -0.4 is 9.46 Å². The molecule has 8 heteroatoms. The van der Waals surface area contributed by atoms with E-state index >= 15 is 0 Å². The van der Waals surface area contributed by atoms with Crippen LogP contribution in [0.1, 0.15) is 5.56 Å². The average molecular weight is 402 g/mol. The summed E-state index contributed by atoms with van der Waals surface area (Å²) in [5.74, 6) is 0.158. The number of hydrogen-bond acceptors (Lipinski definition) is 4. The van der Waals surface area contributed by atoms with E-state index in [2.05, 4.69) is 20.7 Å². The molecule has 0 heterocycles. The lowest BCUT2D eigenvalue weighted by Crippen LogP contribution is -2.15. The van der Waals surface area contributed by atoms with E-state index < -0.39 is 10.0 Å². The Morgan fingerprint density at radius 3 is 2.68 bits per heavy atom. The van der Waals surface area contributed by atoms with Gasteiger partial charge in [-0.15, -0.1) is 0 Å². The van der Waals surface area contributed by atoms with Gasteiger partial charge in [0.1, 0.15) is 16.7 Å². The summed E-state index contributed by atoms with van der Waals surface area (Å²) >= 11 is 9.07. The Morgan fingerprint density at radius 1 is 1.32 bits per heavy atom. The molecular weight excluding hydrogens is 392 g/mol. The van der Waals surface area contributed by atoms with Gasteiger partial charge in [-0.2, -0.15) is 5.26 Å². The van der Waals surface area contributed by atoms with Crippen molar-refractivity contribution in [3.8, 4) is 11.8 Å². The van der Waals surface area contributed by atoms with E-state index in [1.165, 1.54) is 31.4 Å². The Labute approximate surface area is 141 Å². The summed E-state index contributed by atoms with van der Waals surface area (Å²) in [5, 5.41) is 9.41. The number of halogens is 2. The molecule has 0 aliphatic carbocycles. The fraction of sp³-hybridized carbons (Fsp3) is 0.0714. The molecule has 22 heavy (non-hydrogen) atoms. The highest BCUT2D eigenvalue weighted by Gasteiger charge is 2.22. The molecule has 0 bridgehead atoms. The lowest BCUT2D eigenvalue weighted by atomic mass is 10.2. The maximum absolute atomic E-state index is 12.5. The molecular formula is C14H10BrClN2O3S. The van der Waals surface area contributed by atoms with E-state index in [-0.39, 0.29) is 26.9 Å². The Kier molecular flexibility index (Phi) is 4.96. The van der Waals surface area contributed by atoms with Gasteiger partial charge < -0.3 is 4.74 Å². The van der Waals surface area contributed by atoms with Gasteiger partial charge in [-0.3, -0.25) is 4.72 Å². The molecule has 0 amide bonds. The second kappa shape index (κ2) is 6.57. The van der Waals surface area contributed by atoms with Gasteiger partial charge >= 0.3 is 0 Å². The number of methoxy groups -OCH3 is 1. The summed E-state index contributed by atoms with van der Waals surface area (Å²) in [6, 6.07) is 11.0. The minimum absolute atomic E-state index is 0.105. The maximum atomic E-state index is 12.5. The number of benzene rings is 2. The summed E-state index contributed by atoms with van der Waals surface area (Å²) in [5.41, 5.74) is 0.353. The van der Waals surface area contributed by atoms with Crippen LogP contribution in [0.4, 0.5) is 5.69 Å². The molecule has 0 aliphatic heterocycles. The monoisotopic (exact) mass is 400 g/mol. The Morgan fingerprint density at radius 2 is 2.05 bits per heavy atom. The van der Waals surface area contributed by atoms with Crippen LogP contribution in [0, 0.1) is 11.3 Å². The molecule has 5 nitrogen and oxygen atoms in total. The van der Waals surface area contributed by atoms with Crippen molar-refractivity contribution in [2.45, 2.75) is 4.90 Å². The number of anilines is 1. The molecule has 0 aromatic heterocycles. The number of nitrogens with zero attached hydrogens (tertiary/aromatic N) is 1. The van der Waals surface area contributed by atoms with Crippen molar-refractivity contribution in [2.24, 2.45) is 0 Å². The Bertz CT molecular complexity index is 863. The van der Waals surface area contributed by atoms with Gasteiger partial charge in [0.2, 0.25) is 0 Å². The van der Waals surface area contributed by atoms with Crippen molar-refractivity contribution >= 4 is 43.2 Å². The first-order chi connectivity index (χ1) is 10.4. The number of nitrogens with one attached hydrogen (secondary N) is 1. The summed E-state index contributed by atoms with van der Waals surface area (Å²) in [4.78, 5) is -0.105. The standard InChI is InChI=1S/C14H10BrClN2O3S/c1-21-13-6-5-9(16)7-14(13)22(19,20)18-12-4-2-3-11(15)10(12)8-17/h2-7,18H,1H3. The van der Waals surface area contributed by atoms with Gasteiger partial charge in [-0.1, -0.05) is 17.7 Å². The van der Waals surface area contributed by atoms with E-state index in [1.54, 1.807) is 12.1 Å². The van der Waals surface area contributed by atoms with Crippen molar-refractivity contribution in [1.82, 2.24) is 0 Å².